The van der Waals surface area contributed by atoms with Crippen molar-refractivity contribution in [3.8, 4) is 0 Å². The average Bonchev–Trinajstić information content (AvgIpc) is 2.79. The number of hydrogen-bond donors (Lipinski definition) is 1. The van der Waals surface area contributed by atoms with Gasteiger partial charge in [-0.2, -0.15) is 4.98 Å². The molecule has 5 nitrogen and oxygen atoms in total. The molecule has 0 atom stereocenters. The number of aromatic nitrogens is 2. The Bertz CT molecular complexity index is 300. The Balaban J connectivity index is 2.81. The van der Waals surface area contributed by atoms with Crippen molar-refractivity contribution in [1.29, 1.82) is 0 Å². The van der Waals surface area contributed by atoms with Gasteiger partial charge in [0.15, 0.2) is 0 Å². The number of ether oxygens (including phenoxy) is 1. The van der Waals surface area contributed by atoms with Crippen molar-refractivity contribution in [1.82, 2.24) is 15.5 Å². The van der Waals surface area contributed by atoms with Crippen LogP contribution >= 0.6 is 0 Å². The molecule has 16 heavy (non-hydrogen) atoms. The number of methoxy groups -OCH3 is 1. The maximum Gasteiger partial charge on any atom is 0.228 e. The molecule has 1 rings (SSSR count). The monoisotopic (exact) mass is 227 g/mol. The van der Waals surface area contributed by atoms with E-state index < -0.39 is 5.60 Å². The number of rotatable bonds is 7. The highest BCUT2D eigenvalue weighted by Crippen LogP contribution is 2.29. The fourth-order valence-electron chi connectivity index (χ4n) is 1.72. The summed E-state index contributed by atoms with van der Waals surface area (Å²) in [6.07, 6.45) is 2.42. The third-order valence-corrected chi connectivity index (χ3v) is 3.00. The molecule has 0 spiro atoms. The van der Waals surface area contributed by atoms with Crippen LogP contribution in [0.25, 0.3) is 0 Å². The zero-order valence-corrected chi connectivity index (χ0v) is 10.5. The van der Waals surface area contributed by atoms with Crippen LogP contribution in [0.3, 0.4) is 0 Å². The van der Waals surface area contributed by atoms with Crippen LogP contribution < -0.4 is 5.32 Å². The van der Waals surface area contributed by atoms with Crippen molar-refractivity contribution >= 4 is 0 Å². The van der Waals surface area contributed by atoms with Gasteiger partial charge in [0.05, 0.1) is 0 Å². The predicted molar refractivity (Wildman–Crippen MR) is 61.2 cm³/mol. The smallest absolute Gasteiger partial charge is 0.228 e. The van der Waals surface area contributed by atoms with Gasteiger partial charge < -0.3 is 14.6 Å². The zero-order valence-electron chi connectivity index (χ0n) is 10.5. The molecule has 1 heterocycles. The molecule has 1 aromatic rings. The highest BCUT2D eigenvalue weighted by molar-refractivity contribution is 5.01. The van der Waals surface area contributed by atoms with Gasteiger partial charge in [0.25, 0.3) is 0 Å². The van der Waals surface area contributed by atoms with Gasteiger partial charge in [0, 0.05) is 20.1 Å². The lowest BCUT2D eigenvalue weighted by Crippen LogP contribution is -2.28. The lowest BCUT2D eigenvalue weighted by atomic mass is 9.96. The lowest BCUT2D eigenvalue weighted by Gasteiger charge is -2.25. The minimum atomic E-state index is -0.401. The first-order valence-electron chi connectivity index (χ1n) is 5.75. The van der Waals surface area contributed by atoms with E-state index in [0.29, 0.717) is 11.7 Å². The molecule has 0 aliphatic carbocycles. The zero-order chi connectivity index (χ0) is 12.0. The van der Waals surface area contributed by atoms with Crippen molar-refractivity contribution in [2.24, 2.45) is 0 Å². The second-order valence-electron chi connectivity index (χ2n) is 3.77. The van der Waals surface area contributed by atoms with E-state index in [4.69, 9.17) is 9.26 Å². The highest BCUT2D eigenvalue weighted by Gasteiger charge is 2.33. The Kier molecular flexibility index (Phi) is 4.89. The van der Waals surface area contributed by atoms with E-state index in [2.05, 4.69) is 29.3 Å². The topological polar surface area (TPSA) is 60.2 Å². The molecule has 0 aliphatic rings. The van der Waals surface area contributed by atoms with Crippen molar-refractivity contribution in [2.45, 2.75) is 38.7 Å². The first kappa shape index (κ1) is 13.1. The molecule has 0 saturated heterocycles. The van der Waals surface area contributed by atoms with E-state index in [1.807, 2.05) is 7.05 Å². The molecule has 1 aromatic heterocycles. The molecule has 0 amide bonds. The van der Waals surface area contributed by atoms with Crippen LogP contribution in [0.15, 0.2) is 4.52 Å². The third-order valence-electron chi connectivity index (χ3n) is 3.00. The van der Waals surface area contributed by atoms with Crippen LogP contribution in [-0.2, 0) is 16.8 Å². The number of nitrogens with one attached hydrogen (secondary N) is 1. The fourth-order valence-corrected chi connectivity index (χ4v) is 1.72. The number of nitrogens with zero attached hydrogens (tertiary/aromatic N) is 2. The maximum absolute atomic E-state index is 5.54. The van der Waals surface area contributed by atoms with Crippen molar-refractivity contribution < 1.29 is 9.26 Å². The van der Waals surface area contributed by atoms with Crippen LogP contribution in [0, 0.1) is 0 Å². The fraction of sp³-hybridized carbons (Fsp3) is 0.818. The normalized spacial score (nSPS) is 12.0. The van der Waals surface area contributed by atoms with Gasteiger partial charge in [0.2, 0.25) is 11.7 Å². The van der Waals surface area contributed by atoms with E-state index in [9.17, 15) is 0 Å². The summed E-state index contributed by atoms with van der Waals surface area (Å²) in [4.78, 5) is 4.39. The van der Waals surface area contributed by atoms with Crippen LogP contribution in [0.5, 0.6) is 0 Å². The summed E-state index contributed by atoms with van der Waals surface area (Å²) >= 11 is 0. The van der Waals surface area contributed by atoms with Crippen LogP contribution in [0.2, 0.25) is 0 Å². The minimum Gasteiger partial charge on any atom is -0.370 e. The second kappa shape index (κ2) is 5.96. The van der Waals surface area contributed by atoms with Crippen LogP contribution in [-0.4, -0.2) is 30.8 Å². The van der Waals surface area contributed by atoms with Crippen molar-refractivity contribution in [3.05, 3.63) is 11.7 Å². The molecule has 0 saturated carbocycles. The summed E-state index contributed by atoms with van der Waals surface area (Å²) < 4.78 is 10.7. The molecule has 1 N–H and O–H groups in total. The summed E-state index contributed by atoms with van der Waals surface area (Å²) in [5, 5.41) is 7.06. The molecule has 5 heteroatoms. The maximum atomic E-state index is 5.54. The SMILES string of the molecule is CCC(CC)(OC)c1noc(CCNC)n1. The van der Waals surface area contributed by atoms with E-state index in [0.717, 1.165) is 25.8 Å². The Morgan fingerprint density at radius 1 is 1.38 bits per heavy atom. The standard InChI is InChI=1S/C11H21N3O2/c1-5-11(6-2,15-4)10-13-9(16-14-10)7-8-12-3/h12H,5-8H2,1-4H3. The molecule has 0 fully saturated rings. The van der Waals surface area contributed by atoms with Crippen LogP contribution in [0.4, 0.5) is 0 Å². The highest BCUT2D eigenvalue weighted by atomic mass is 16.5. The Hall–Kier alpha value is -0.940. The molecule has 0 radical (unpaired) electrons. The molecule has 0 aromatic carbocycles. The number of likely N-dealkylation sites (N-methyl/N-ethyl adjacent to an activating group) is 1. The van der Waals surface area contributed by atoms with Gasteiger partial charge in [-0.05, 0) is 19.9 Å². The summed E-state index contributed by atoms with van der Waals surface area (Å²) in [5.74, 6) is 1.32. The molecular weight excluding hydrogens is 206 g/mol. The van der Waals surface area contributed by atoms with Gasteiger partial charge in [-0.1, -0.05) is 19.0 Å². The van der Waals surface area contributed by atoms with Gasteiger partial charge in [-0.25, -0.2) is 0 Å². The Morgan fingerprint density at radius 3 is 2.56 bits per heavy atom. The Labute approximate surface area is 96.6 Å². The predicted octanol–water partition coefficient (Wildman–Crippen LogP) is 1.49. The van der Waals surface area contributed by atoms with E-state index in [1.54, 1.807) is 7.11 Å². The van der Waals surface area contributed by atoms with Gasteiger partial charge >= 0.3 is 0 Å². The summed E-state index contributed by atoms with van der Waals surface area (Å²) in [6.45, 7) is 4.97. The first-order valence-corrected chi connectivity index (χ1v) is 5.75. The Morgan fingerprint density at radius 2 is 2.06 bits per heavy atom. The molecule has 92 valence electrons. The first-order chi connectivity index (χ1) is 7.72. The molecule has 0 bridgehead atoms. The van der Waals surface area contributed by atoms with E-state index in [-0.39, 0.29) is 0 Å². The molecule has 0 aliphatic heterocycles. The molecule has 0 unspecified atom stereocenters. The summed E-state index contributed by atoms with van der Waals surface area (Å²) in [5.41, 5.74) is -0.401. The van der Waals surface area contributed by atoms with E-state index in [1.165, 1.54) is 0 Å². The van der Waals surface area contributed by atoms with E-state index >= 15 is 0 Å². The number of hydrogen-bond acceptors (Lipinski definition) is 5. The second-order valence-corrected chi connectivity index (χ2v) is 3.77. The van der Waals surface area contributed by atoms with Crippen LogP contribution in [0.1, 0.15) is 38.4 Å². The van der Waals surface area contributed by atoms with Gasteiger partial charge in [-0.15, -0.1) is 0 Å². The third kappa shape index (κ3) is 2.59. The average molecular weight is 227 g/mol. The quantitative estimate of drug-likeness (QED) is 0.764. The summed E-state index contributed by atoms with van der Waals surface area (Å²) in [7, 11) is 3.59. The molecular formula is C11H21N3O2. The lowest BCUT2D eigenvalue weighted by molar-refractivity contribution is -0.0306. The van der Waals surface area contributed by atoms with Gasteiger partial charge in [-0.3, -0.25) is 0 Å². The van der Waals surface area contributed by atoms with Crippen molar-refractivity contribution in [3.63, 3.8) is 0 Å². The summed E-state index contributed by atoms with van der Waals surface area (Å²) in [6, 6.07) is 0. The largest absolute Gasteiger partial charge is 0.370 e. The van der Waals surface area contributed by atoms with Crippen molar-refractivity contribution in [2.75, 3.05) is 20.7 Å². The minimum absolute atomic E-state index is 0.401. The van der Waals surface area contributed by atoms with Gasteiger partial charge in [0.1, 0.15) is 5.60 Å².